The Balaban J connectivity index is 1.92. The molecule has 1 N–H and O–H groups in total. The lowest BCUT2D eigenvalue weighted by atomic mass is 9.95. The molecular weight excluding hydrogens is 302 g/mol. The van der Waals surface area contributed by atoms with Gasteiger partial charge in [-0.3, -0.25) is 14.5 Å². The van der Waals surface area contributed by atoms with Gasteiger partial charge in [0.05, 0.1) is 5.57 Å². The molecular formula is C20H25NO3. The maximum absolute atomic E-state index is 12.9. The van der Waals surface area contributed by atoms with E-state index in [0.717, 1.165) is 49.7 Å². The van der Waals surface area contributed by atoms with Crippen molar-refractivity contribution in [3.05, 3.63) is 40.6 Å². The van der Waals surface area contributed by atoms with Crippen molar-refractivity contribution in [2.24, 2.45) is 0 Å². The summed E-state index contributed by atoms with van der Waals surface area (Å²) in [5.41, 5.74) is 2.81. The number of aryl methyl sites for hydroxylation is 2. The summed E-state index contributed by atoms with van der Waals surface area (Å²) in [6, 6.07) is 5.60. The molecule has 0 atom stereocenters. The molecule has 1 heterocycles. The Bertz CT molecular complexity index is 697. The molecule has 128 valence electrons. The van der Waals surface area contributed by atoms with E-state index in [0.29, 0.717) is 5.56 Å². The molecule has 24 heavy (non-hydrogen) atoms. The van der Waals surface area contributed by atoms with Crippen molar-refractivity contribution >= 4 is 17.4 Å². The second-order valence-corrected chi connectivity index (χ2v) is 7.02. The van der Waals surface area contributed by atoms with Crippen LogP contribution in [0.4, 0.5) is 0 Å². The molecule has 1 aromatic rings. The van der Waals surface area contributed by atoms with Crippen LogP contribution in [-0.4, -0.2) is 27.9 Å². The summed E-state index contributed by atoms with van der Waals surface area (Å²) in [6.07, 6.45) is 7.26. The number of hydrogen-bond donors (Lipinski definition) is 1. The van der Waals surface area contributed by atoms with Gasteiger partial charge in [0, 0.05) is 6.04 Å². The maximum atomic E-state index is 12.9. The third-order valence-corrected chi connectivity index (χ3v) is 5.18. The summed E-state index contributed by atoms with van der Waals surface area (Å²) >= 11 is 0. The van der Waals surface area contributed by atoms with Gasteiger partial charge in [-0.05, 0) is 37.8 Å². The number of carbonyl (C=O) groups excluding carboxylic acids is 2. The van der Waals surface area contributed by atoms with Crippen LogP contribution in [0, 0.1) is 13.8 Å². The SMILES string of the molecule is Cc1ccc(C2=C(O)C(=O)N(C3CCCCCCC3)C2=O)c(C)c1. The molecule has 1 aliphatic carbocycles. The first-order valence-electron chi connectivity index (χ1n) is 8.89. The van der Waals surface area contributed by atoms with Crippen molar-refractivity contribution in [1.29, 1.82) is 0 Å². The molecule has 4 nitrogen and oxygen atoms in total. The minimum Gasteiger partial charge on any atom is -0.502 e. The summed E-state index contributed by atoms with van der Waals surface area (Å²) in [7, 11) is 0. The average molecular weight is 327 g/mol. The number of amides is 2. The smallest absolute Gasteiger partial charge is 0.296 e. The van der Waals surface area contributed by atoms with Crippen LogP contribution in [0.5, 0.6) is 0 Å². The zero-order valence-corrected chi connectivity index (χ0v) is 14.5. The Kier molecular flexibility index (Phi) is 4.74. The fourth-order valence-corrected chi connectivity index (χ4v) is 3.90. The summed E-state index contributed by atoms with van der Waals surface area (Å²) in [5, 5.41) is 10.4. The fourth-order valence-electron chi connectivity index (χ4n) is 3.90. The summed E-state index contributed by atoms with van der Waals surface area (Å²) in [4.78, 5) is 26.8. The highest BCUT2D eigenvalue weighted by atomic mass is 16.3. The third-order valence-electron chi connectivity index (χ3n) is 5.18. The van der Waals surface area contributed by atoms with E-state index < -0.39 is 11.7 Å². The molecule has 1 aromatic carbocycles. The molecule has 0 radical (unpaired) electrons. The number of benzene rings is 1. The van der Waals surface area contributed by atoms with Gasteiger partial charge in [0.1, 0.15) is 0 Å². The van der Waals surface area contributed by atoms with Crippen molar-refractivity contribution in [3.63, 3.8) is 0 Å². The monoisotopic (exact) mass is 327 g/mol. The van der Waals surface area contributed by atoms with Gasteiger partial charge in [-0.1, -0.05) is 55.9 Å². The largest absolute Gasteiger partial charge is 0.502 e. The van der Waals surface area contributed by atoms with E-state index in [9.17, 15) is 14.7 Å². The van der Waals surface area contributed by atoms with Crippen molar-refractivity contribution in [2.45, 2.75) is 64.8 Å². The van der Waals surface area contributed by atoms with Crippen molar-refractivity contribution in [2.75, 3.05) is 0 Å². The Hall–Kier alpha value is -2.10. The standard InChI is InChI=1S/C20H25NO3/c1-13-10-11-16(14(2)12-13)17-18(22)20(24)21(19(17)23)15-8-6-4-3-5-7-9-15/h10-12,15,22H,3-9H2,1-2H3. The van der Waals surface area contributed by atoms with Gasteiger partial charge in [-0.15, -0.1) is 0 Å². The van der Waals surface area contributed by atoms with Crippen molar-refractivity contribution in [1.82, 2.24) is 4.90 Å². The number of imide groups is 1. The fraction of sp³-hybridized carbons (Fsp3) is 0.500. The van der Waals surface area contributed by atoms with Crippen LogP contribution in [0.25, 0.3) is 5.57 Å². The Morgan fingerprint density at radius 3 is 2.21 bits per heavy atom. The lowest BCUT2D eigenvalue weighted by Gasteiger charge is -2.28. The molecule has 0 bridgehead atoms. The van der Waals surface area contributed by atoms with E-state index in [4.69, 9.17) is 0 Å². The Morgan fingerprint density at radius 1 is 0.958 bits per heavy atom. The highest BCUT2D eigenvalue weighted by Gasteiger charge is 2.43. The van der Waals surface area contributed by atoms with Crippen LogP contribution in [0.2, 0.25) is 0 Å². The zero-order valence-electron chi connectivity index (χ0n) is 14.5. The van der Waals surface area contributed by atoms with Crippen molar-refractivity contribution in [3.8, 4) is 0 Å². The molecule has 4 heteroatoms. The van der Waals surface area contributed by atoms with Gasteiger partial charge in [0.2, 0.25) is 0 Å². The van der Waals surface area contributed by atoms with E-state index in [2.05, 4.69) is 0 Å². The van der Waals surface area contributed by atoms with E-state index >= 15 is 0 Å². The highest BCUT2D eigenvalue weighted by molar-refractivity contribution is 6.35. The van der Waals surface area contributed by atoms with Gasteiger partial charge in [-0.25, -0.2) is 0 Å². The lowest BCUT2D eigenvalue weighted by Crippen LogP contribution is -2.41. The van der Waals surface area contributed by atoms with E-state index in [1.54, 1.807) is 0 Å². The predicted molar refractivity (Wildman–Crippen MR) is 93.4 cm³/mol. The molecule has 0 spiro atoms. The van der Waals surface area contributed by atoms with Gasteiger partial charge >= 0.3 is 0 Å². The predicted octanol–water partition coefficient (Wildman–Crippen LogP) is 4.05. The van der Waals surface area contributed by atoms with Gasteiger partial charge < -0.3 is 5.11 Å². The molecule has 2 aliphatic rings. The van der Waals surface area contributed by atoms with Gasteiger partial charge in [0.25, 0.3) is 11.8 Å². The van der Waals surface area contributed by atoms with Gasteiger partial charge in [-0.2, -0.15) is 0 Å². The first kappa shape index (κ1) is 16.7. The molecule has 0 saturated heterocycles. The highest BCUT2D eigenvalue weighted by Crippen LogP contribution is 2.34. The lowest BCUT2D eigenvalue weighted by molar-refractivity contribution is -0.141. The van der Waals surface area contributed by atoms with E-state index in [1.165, 1.54) is 11.3 Å². The topological polar surface area (TPSA) is 57.6 Å². The van der Waals surface area contributed by atoms with Crippen LogP contribution in [-0.2, 0) is 9.59 Å². The van der Waals surface area contributed by atoms with Crippen LogP contribution < -0.4 is 0 Å². The van der Waals surface area contributed by atoms with E-state index in [-0.39, 0.29) is 17.5 Å². The molecule has 3 rings (SSSR count). The first-order valence-corrected chi connectivity index (χ1v) is 8.89. The minimum absolute atomic E-state index is 0.0873. The minimum atomic E-state index is -0.527. The zero-order chi connectivity index (χ0) is 17.3. The van der Waals surface area contributed by atoms with E-state index in [1.807, 2.05) is 32.0 Å². The average Bonchev–Trinajstić information content (AvgIpc) is 2.71. The van der Waals surface area contributed by atoms with Crippen LogP contribution >= 0.6 is 0 Å². The van der Waals surface area contributed by atoms with Crippen LogP contribution in [0.15, 0.2) is 24.0 Å². The molecule has 1 fully saturated rings. The summed E-state index contributed by atoms with van der Waals surface area (Å²) in [5.74, 6) is -1.26. The van der Waals surface area contributed by atoms with Crippen LogP contribution in [0.3, 0.4) is 0 Å². The molecule has 0 unspecified atom stereocenters. The normalized spacial score (nSPS) is 20.5. The molecule has 2 amide bonds. The quantitative estimate of drug-likeness (QED) is 0.834. The number of aliphatic hydroxyl groups is 1. The number of nitrogens with zero attached hydrogens (tertiary/aromatic N) is 1. The van der Waals surface area contributed by atoms with Gasteiger partial charge in [0.15, 0.2) is 5.76 Å². The first-order chi connectivity index (χ1) is 11.5. The summed E-state index contributed by atoms with van der Waals surface area (Å²) < 4.78 is 0. The number of hydrogen-bond acceptors (Lipinski definition) is 3. The van der Waals surface area contributed by atoms with Crippen LogP contribution in [0.1, 0.15) is 61.6 Å². The Morgan fingerprint density at radius 2 is 1.58 bits per heavy atom. The number of carbonyl (C=O) groups is 2. The Labute approximate surface area is 143 Å². The molecule has 1 saturated carbocycles. The van der Waals surface area contributed by atoms with Crippen molar-refractivity contribution < 1.29 is 14.7 Å². The number of rotatable bonds is 2. The number of aliphatic hydroxyl groups excluding tert-OH is 1. The third kappa shape index (κ3) is 2.97. The molecule has 0 aromatic heterocycles. The second kappa shape index (κ2) is 6.80. The maximum Gasteiger partial charge on any atom is 0.296 e. The summed E-state index contributed by atoms with van der Waals surface area (Å²) in [6.45, 7) is 3.88. The molecule has 1 aliphatic heterocycles. The second-order valence-electron chi connectivity index (χ2n) is 7.02.